The summed E-state index contributed by atoms with van der Waals surface area (Å²) in [6.45, 7) is 17.3. The van der Waals surface area contributed by atoms with Crippen molar-refractivity contribution in [3.63, 3.8) is 0 Å². The highest BCUT2D eigenvalue weighted by atomic mass is 16.3. The Bertz CT molecular complexity index is 3200. The van der Waals surface area contributed by atoms with Crippen LogP contribution >= 0.6 is 0 Å². The number of piperidine rings is 1. The van der Waals surface area contributed by atoms with Crippen LogP contribution in [0.2, 0.25) is 0 Å². The van der Waals surface area contributed by atoms with E-state index in [-0.39, 0.29) is 49.8 Å². The average molecular weight is 1350 g/mol. The number of amides is 12. The van der Waals surface area contributed by atoms with Gasteiger partial charge in [0, 0.05) is 74.6 Å². The Morgan fingerprint density at radius 3 is 1.54 bits per heavy atom. The van der Waals surface area contributed by atoms with Gasteiger partial charge in [0.15, 0.2) is 0 Å². The molecule has 97 heavy (non-hydrogen) atoms. The number of hydrogen-bond donors (Lipinski definition) is 6. The smallest absolute Gasteiger partial charge is 0.246 e. The van der Waals surface area contributed by atoms with Crippen molar-refractivity contribution >= 4 is 70.9 Å². The minimum Gasteiger partial charge on any atom is -0.391 e. The number of nitrogens with zero attached hydrogens (tertiary/aromatic N) is 7. The molecule has 12 atom stereocenters. The topological polar surface area (TPSA) is 308 Å². The van der Waals surface area contributed by atoms with Gasteiger partial charge in [0.2, 0.25) is 70.9 Å². The minimum atomic E-state index is -1.79. The molecule has 0 unspecified atom stereocenters. The van der Waals surface area contributed by atoms with Crippen LogP contribution in [0.5, 0.6) is 0 Å². The van der Waals surface area contributed by atoms with Crippen molar-refractivity contribution < 1.29 is 62.6 Å². The summed E-state index contributed by atoms with van der Waals surface area (Å²) in [5.74, 6) is -10.4. The Labute approximate surface area is 572 Å². The van der Waals surface area contributed by atoms with E-state index >= 15 is 24.0 Å². The van der Waals surface area contributed by atoms with Gasteiger partial charge in [-0.05, 0) is 94.2 Å². The van der Waals surface area contributed by atoms with Crippen LogP contribution in [0.4, 0.5) is 0 Å². The van der Waals surface area contributed by atoms with Crippen molar-refractivity contribution in [1.29, 1.82) is 0 Å². The highest BCUT2D eigenvalue weighted by Crippen LogP contribution is 2.23. The molecule has 25 nitrogen and oxygen atoms in total. The second-order valence-electron chi connectivity index (χ2n) is 27.4. The van der Waals surface area contributed by atoms with E-state index in [9.17, 15) is 38.7 Å². The van der Waals surface area contributed by atoms with Gasteiger partial charge >= 0.3 is 0 Å². The standard InChI is InChI=1S/C72H106N12O13/c1-43(2)37-55-64(89)74-54(70(95)80(13)56(40-51-31-23-18-24-32-51)63(88)73-46(7)67(92)84-35-27-20-28-36-84)42-59(86)78(11)48(9)68(93)83(16)58(38-44(3)4)71(96)79(12)47(8)62(87)77-61(49(10)85)66(91)75-53(39-50-29-21-17-22-30-50)69(94)81(14)57(41-52-33-25-19-26-34-52)65(90)76-60(45(5)6)72(97)82(55)15/h17-19,21-26,29-34,43-49,53-58,60-61,85H,20,27-28,35-42H2,1-16H3,(H,73,88)(H,74,89)(H,75,91)(H,76,90)(H,77,87)/t46-,47-,48+,49+,53-,54-,55-,56-,57-,58-,60-,61-/m0/s1. The number of likely N-dealkylation sites (N-methyl/N-ethyl adjacent to an activating group) is 6. The molecule has 0 spiro atoms. The third-order valence-corrected chi connectivity index (χ3v) is 18.6. The fourth-order valence-corrected chi connectivity index (χ4v) is 12.1. The minimum absolute atomic E-state index is 0.0104. The third-order valence-electron chi connectivity index (χ3n) is 18.6. The zero-order valence-electron chi connectivity index (χ0n) is 59.6. The number of aliphatic hydroxyl groups is 1. The second kappa shape index (κ2) is 36.6. The molecular weight excluding hydrogens is 1240 g/mol. The van der Waals surface area contributed by atoms with E-state index in [0.717, 1.165) is 43.8 Å². The molecule has 0 bridgehead atoms. The van der Waals surface area contributed by atoms with Gasteiger partial charge in [-0.25, -0.2) is 0 Å². The van der Waals surface area contributed by atoms with Gasteiger partial charge in [0.05, 0.1) is 12.5 Å². The van der Waals surface area contributed by atoms with Crippen molar-refractivity contribution in [2.45, 2.75) is 200 Å². The summed E-state index contributed by atoms with van der Waals surface area (Å²) in [5, 5.41) is 25.0. The normalized spacial score (nSPS) is 24.2. The zero-order chi connectivity index (χ0) is 72.3. The molecule has 2 aliphatic rings. The van der Waals surface area contributed by atoms with Crippen LogP contribution in [0.1, 0.15) is 124 Å². The number of benzene rings is 3. The fourth-order valence-electron chi connectivity index (χ4n) is 12.1. The number of aliphatic hydroxyl groups excluding tert-OH is 1. The van der Waals surface area contributed by atoms with E-state index < -0.39 is 150 Å². The third kappa shape index (κ3) is 21.6. The molecule has 0 saturated carbocycles. The van der Waals surface area contributed by atoms with Crippen LogP contribution in [0.3, 0.4) is 0 Å². The summed E-state index contributed by atoms with van der Waals surface area (Å²) in [7, 11) is 8.14. The van der Waals surface area contributed by atoms with E-state index in [4.69, 9.17) is 0 Å². The Balaban J connectivity index is 1.68. The van der Waals surface area contributed by atoms with Gasteiger partial charge in [0.1, 0.15) is 66.5 Å². The van der Waals surface area contributed by atoms with Crippen LogP contribution in [-0.2, 0) is 76.8 Å². The number of hydrogen-bond acceptors (Lipinski definition) is 13. The molecule has 2 aliphatic heterocycles. The highest BCUT2D eigenvalue weighted by molar-refractivity contribution is 6.01. The maximum Gasteiger partial charge on any atom is 0.246 e. The maximum absolute atomic E-state index is 15.5. The van der Waals surface area contributed by atoms with Crippen LogP contribution < -0.4 is 26.6 Å². The van der Waals surface area contributed by atoms with E-state index in [1.54, 1.807) is 117 Å². The predicted octanol–water partition coefficient (Wildman–Crippen LogP) is 2.71. The SMILES string of the molecule is CC(C)C[C@H]1C(=O)N[C@H](C(=O)N(C)[C@@H](Cc2ccccc2)C(=O)N[C@@H](C)C(=O)N2CCCCC2)CC(=O)N(C)[C@H](C)C(=O)N(C)[C@@H](CC(C)C)C(=O)N(C)[C@@H](C)C(=O)N[C@@H]([C@@H](C)O)C(=O)N[C@@H](Cc2ccccc2)C(=O)N(C)[C@@H](Cc2ccccc2)C(=O)N[C@@H](C(C)C)C(=O)N1C. The Kier molecular flexibility index (Phi) is 29.8. The first-order chi connectivity index (χ1) is 45.7. The number of nitrogens with one attached hydrogen (secondary N) is 5. The second-order valence-corrected chi connectivity index (χ2v) is 27.4. The summed E-state index contributed by atoms with van der Waals surface area (Å²) < 4.78 is 0. The molecule has 3 aromatic rings. The maximum atomic E-state index is 15.5. The van der Waals surface area contributed by atoms with Crippen molar-refractivity contribution in [2.24, 2.45) is 17.8 Å². The number of carbonyl (C=O) groups is 12. The van der Waals surface area contributed by atoms with E-state index in [2.05, 4.69) is 26.6 Å². The van der Waals surface area contributed by atoms with Crippen LogP contribution in [-0.4, -0.2) is 238 Å². The molecule has 25 heteroatoms. The summed E-state index contributed by atoms with van der Waals surface area (Å²) in [6, 6.07) is 11.0. The zero-order valence-corrected chi connectivity index (χ0v) is 59.6. The predicted molar refractivity (Wildman–Crippen MR) is 367 cm³/mol. The van der Waals surface area contributed by atoms with Crippen molar-refractivity contribution in [3.05, 3.63) is 108 Å². The van der Waals surface area contributed by atoms with Crippen LogP contribution in [0, 0.1) is 17.8 Å². The molecule has 2 fully saturated rings. The van der Waals surface area contributed by atoms with Crippen molar-refractivity contribution in [2.75, 3.05) is 55.4 Å². The van der Waals surface area contributed by atoms with Crippen molar-refractivity contribution in [3.8, 4) is 0 Å². The van der Waals surface area contributed by atoms with Gasteiger partial charge in [0.25, 0.3) is 0 Å². The molecule has 6 N–H and O–H groups in total. The first kappa shape index (κ1) is 79.0. The molecule has 2 saturated heterocycles. The summed E-state index contributed by atoms with van der Waals surface area (Å²) in [5.41, 5.74) is 1.86. The van der Waals surface area contributed by atoms with E-state index in [1.165, 1.54) is 68.0 Å². The fraction of sp³-hybridized carbons (Fsp3) is 0.583. The molecule has 2 heterocycles. The Hall–Kier alpha value is -8.74. The largest absolute Gasteiger partial charge is 0.391 e. The van der Waals surface area contributed by atoms with E-state index in [0.29, 0.717) is 29.8 Å². The van der Waals surface area contributed by atoms with E-state index in [1.807, 2.05) is 27.7 Å². The van der Waals surface area contributed by atoms with Gasteiger partial charge in [-0.1, -0.05) is 133 Å². The summed E-state index contributed by atoms with van der Waals surface area (Å²) in [6.07, 6.45) is -0.0103. The first-order valence-corrected chi connectivity index (χ1v) is 33.9. The molecule has 0 aromatic heterocycles. The van der Waals surface area contributed by atoms with Crippen LogP contribution in [0.25, 0.3) is 0 Å². The first-order valence-electron chi connectivity index (χ1n) is 33.9. The summed E-state index contributed by atoms with van der Waals surface area (Å²) in [4.78, 5) is 187. The summed E-state index contributed by atoms with van der Waals surface area (Å²) >= 11 is 0. The lowest BCUT2D eigenvalue weighted by atomic mass is 9.96. The Morgan fingerprint density at radius 2 is 1.01 bits per heavy atom. The lowest BCUT2D eigenvalue weighted by Crippen LogP contribution is -2.63. The lowest BCUT2D eigenvalue weighted by Gasteiger charge is -2.38. The van der Waals surface area contributed by atoms with Crippen LogP contribution in [0.15, 0.2) is 91.0 Å². The number of likely N-dealkylation sites (tertiary alicyclic amines) is 1. The van der Waals surface area contributed by atoms with Gasteiger partial charge in [-0.2, -0.15) is 0 Å². The van der Waals surface area contributed by atoms with Crippen molar-refractivity contribution in [1.82, 2.24) is 60.9 Å². The molecular formula is C72H106N12O13. The molecule has 3 aromatic carbocycles. The Morgan fingerprint density at radius 1 is 0.526 bits per heavy atom. The quantitative estimate of drug-likeness (QED) is 0.113. The molecule has 532 valence electrons. The molecule has 0 radical (unpaired) electrons. The molecule has 12 amide bonds. The number of carbonyl (C=O) groups excluding carboxylic acids is 12. The highest BCUT2D eigenvalue weighted by Gasteiger charge is 2.44. The average Bonchev–Trinajstić information content (AvgIpc) is 0.829. The lowest BCUT2D eigenvalue weighted by molar-refractivity contribution is -0.152. The monoisotopic (exact) mass is 1350 g/mol. The van der Waals surface area contributed by atoms with Gasteiger partial charge in [-0.15, -0.1) is 0 Å². The van der Waals surface area contributed by atoms with Gasteiger partial charge in [-0.3, -0.25) is 57.5 Å². The van der Waals surface area contributed by atoms with Gasteiger partial charge < -0.3 is 66.0 Å². The number of rotatable bonds is 17. The molecule has 0 aliphatic carbocycles. The molecule has 5 rings (SSSR count).